The van der Waals surface area contributed by atoms with Crippen LogP contribution >= 0.6 is 0 Å². The molecule has 1 fully saturated rings. The number of piperidine rings is 1. The molecule has 2 amide bonds. The summed E-state index contributed by atoms with van der Waals surface area (Å²) in [7, 11) is 0. The van der Waals surface area contributed by atoms with Gasteiger partial charge in [-0.2, -0.15) is 0 Å². The largest absolute Gasteiger partial charge is 0.382 e. The van der Waals surface area contributed by atoms with Gasteiger partial charge >= 0.3 is 0 Å². The van der Waals surface area contributed by atoms with Crippen LogP contribution in [0.5, 0.6) is 0 Å². The summed E-state index contributed by atoms with van der Waals surface area (Å²) in [5, 5.41) is 9.41. The van der Waals surface area contributed by atoms with Crippen LogP contribution in [0.3, 0.4) is 0 Å². The van der Waals surface area contributed by atoms with E-state index in [9.17, 15) is 9.59 Å². The molecule has 5 N–H and O–H groups in total. The molecule has 34 heavy (non-hydrogen) atoms. The van der Waals surface area contributed by atoms with Gasteiger partial charge in [-0.1, -0.05) is 36.4 Å². The van der Waals surface area contributed by atoms with Gasteiger partial charge < -0.3 is 21.7 Å². The molecule has 8 heteroatoms. The first-order valence-corrected chi connectivity index (χ1v) is 11.7. The zero-order valence-electron chi connectivity index (χ0n) is 18.9. The third kappa shape index (κ3) is 4.63. The molecule has 174 valence electrons. The Kier molecular flexibility index (Phi) is 6.22. The number of nitrogens with two attached hydrogens (primary N) is 1. The number of aromatic nitrogens is 2. The maximum atomic E-state index is 13.0. The third-order valence-corrected chi connectivity index (χ3v) is 6.51. The second kappa shape index (κ2) is 9.61. The minimum absolute atomic E-state index is 0.00764. The van der Waals surface area contributed by atoms with Crippen molar-refractivity contribution in [3.05, 3.63) is 77.1 Å². The van der Waals surface area contributed by atoms with Crippen molar-refractivity contribution in [2.75, 3.05) is 18.8 Å². The van der Waals surface area contributed by atoms with Crippen molar-refractivity contribution in [3.8, 4) is 11.3 Å². The van der Waals surface area contributed by atoms with E-state index in [1.54, 1.807) is 18.2 Å². The summed E-state index contributed by atoms with van der Waals surface area (Å²) in [5.41, 5.74) is 10.2. The molecular formula is C26H28N6O2. The number of aryl methyl sites for hydroxylation is 1. The van der Waals surface area contributed by atoms with E-state index >= 15 is 0 Å². The van der Waals surface area contributed by atoms with E-state index in [4.69, 9.17) is 5.73 Å². The van der Waals surface area contributed by atoms with Gasteiger partial charge in [0.15, 0.2) is 11.5 Å². The lowest BCUT2D eigenvalue weighted by Gasteiger charge is -2.23. The van der Waals surface area contributed by atoms with Gasteiger partial charge in [0.1, 0.15) is 0 Å². The van der Waals surface area contributed by atoms with Crippen molar-refractivity contribution in [1.82, 2.24) is 25.9 Å². The van der Waals surface area contributed by atoms with Crippen LogP contribution in [0.4, 0.5) is 5.82 Å². The number of amides is 2. The van der Waals surface area contributed by atoms with Crippen LogP contribution in [0.1, 0.15) is 57.3 Å². The molecule has 5 rings (SSSR count). The zero-order valence-corrected chi connectivity index (χ0v) is 18.9. The number of nitrogens with zero attached hydrogens (tertiary/aromatic N) is 2. The number of nitrogen functional groups attached to an aromatic ring is 1. The van der Waals surface area contributed by atoms with Gasteiger partial charge in [-0.3, -0.25) is 9.59 Å². The molecule has 1 aromatic heterocycles. The summed E-state index contributed by atoms with van der Waals surface area (Å²) < 4.78 is 0. The summed E-state index contributed by atoms with van der Waals surface area (Å²) in [6, 6.07) is 15.4. The molecule has 0 spiro atoms. The quantitative estimate of drug-likeness (QED) is 0.468. The van der Waals surface area contributed by atoms with Gasteiger partial charge in [-0.05, 0) is 55.5 Å². The van der Waals surface area contributed by atoms with Crippen molar-refractivity contribution in [3.63, 3.8) is 0 Å². The Labute approximate surface area is 198 Å². The Balaban J connectivity index is 1.33. The molecule has 2 aromatic carbocycles. The number of benzene rings is 2. The Morgan fingerprint density at radius 1 is 1.03 bits per heavy atom. The highest BCUT2D eigenvalue weighted by molar-refractivity contribution is 5.97. The lowest BCUT2D eigenvalue weighted by Crippen LogP contribution is -2.46. The lowest BCUT2D eigenvalue weighted by molar-refractivity contribution is 0.0921. The van der Waals surface area contributed by atoms with E-state index < -0.39 is 0 Å². The van der Waals surface area contributed by atoms with E-state index in [1.807, 2.05) is 18.2 Å². The standard InChI is InChI=1S/C26H28N6O2/c27-24-23(26(34)30-19-8-4-12-28-14-19)31-22(15-29-24)17-6-3-7-18(13-17)25(33)32-21-11-10-16-5-1-2-9-20(16)21/h1-3,5-7,9,13,15,19,21,28H,4,8,10-12,14H2,(H2,27,29)(H,30,34)(H,32,33)/t19-,21-/m0/s1. The molecule has 1 saturated heterocycles. The number of carbonyl (C=O) groups is 2. The Morgan fingerprint density at radius 2 is 1.91 bits per heavy atom. The first-order chi connectivity index (χ1) is 16.6. The fourth-order valence-electron chi connectivity index (χ4n) is 4.70. The fraction of sp³-hybridized carbons (Fsp3) is 0.308. The van der Waals surface area contributed by atoms with Gasteiger partial charge in [0.2, 0.25) is 0 Å². The highest BCUT2D eigenvalue weighted by Gasteiger charge is 2.24. The predicted molar refractivity (Wildman–Crippen MR) is 130 cm³/mol. The smallest absolute Gasteiger partial charge is 0.274 e. The molecule has 8 nitrogen and oxygen atoms in total. The molecular weight excluding hydrogens is 428 g/mol. The van der Waals surface area contributed by atoms with E-state index in [0.29, 0.717) is 16.8 Å². The molecule has 0 bridgehead atoms. The molecule has 1 aliphatic heterocycles. The number of anilines is 1. The van der Waals surface area contributed by atoms with E-state index in [-0.39, 0.29) is 35.4 Å². The van der Waals surface area contributed by atoms with E-state index in [1.165, 1.54) is 17.3 Å². The lowest BCUT2D eigenvalue weighted by atomic mass is 10.1. The van der Waals surface area contributed by atoms with Crippen LogP contribution in [-0.4, -0.2) is 40.9 Å². The van der Waals surface area contributed by atoms with Crippen LogP contribution < -0.4 is 21.7 Å². The predicted octanol–water partition coefficient (Wildman–Crippen LogP) is 2.62. The van der Waals surface area contributed by atoms with Crippen molar-refractivity contribution < 1.29 is 9.59 Å². The number of rotatable bonds is 5. The average Bonchev–Trinajstić information content (AvgIpc) is 3.27. The second-order valence-corrected chi connectivity index (χ2v) is 8.85. The monoisotopic (exact) mass is 456 g/mol. The Hall–Kier alpha value is -3.78. The summed E-state index contributed by atoms with van der Waals surface area (Å²) in [6.07, 6.45) is 5.30. The molecule has 3 aromatic rings. The SMILES string of the molecule is Nc1ncc(-c2cccc(C(=O)N[C@H]3CCc4ccccc43)c2)nc1C(=O)N[C@H]1CCCNC1. The van der Waals surface area contributed by atoms with Crippen LogP contribution in [0.15, 0.2) is 54.7 Å². The van der Waals surface area contributed by atoms with Gasteiger partial charge in [0.25, 0.3) is 11.8 Å². The number of hydrogen-bond donors (Lipinski definition) is 4. The third-order valence-electron chi connectivity index (χ3n) is 6.51. The topological polar surface area (TPSA) is 122 Å². The molecule has 0 radical (unpaired) electrons. The maximum absolute atomic E-state index is 13.0. The first kappa shape index (κ1) is 22.0. The van der Waals surface area contributed by atoms with Crippen LogP contribution in [-0.2, 0) is 6.42 Å². The first-order valence-electron chi connectivity index (χ1n) is 11.7. The molecule has 0 unspecified atom stereocenters. The maximum Gasteiger partial charge on any atom is 0.274 e. The second-order valence-electron chi connectivity index (χ2n) is 8.85. The van der Waals surface area contributed by atoms with E-state index in [0.717, 1.165) is 38.8 Å². The van der Waals surface area contributed by atoms with Gasteiger partial charge in [-0.15, -0.1) is 0 Å². The highest BCUT2D eigenvalue weighted by atomic mass is 16.2. The molecule has 2 heterocycles. The molecule has 2 aliphatic rings. The molecule has 1 aliphatic carbocycles. The summed E-state index contributed by atoms with van der Waals surface area (Å²) >= 11 is 0. The summed E-state index contributed by atoms with van der Waals surface area (Å²) in [5.74, 6) is -0.400. The number of carbonyl (C=O) groups excluding carboxylic acids is 2. The average molecular weight is 457 g/mol. The van der Waals surface area contributed by atoms with Crippen molar-refractivity contribution in [2.24, 2.45) is 0 Å². The highest BCUT2D eigenvalue weighted by Crippen LogP contribution is 2.31. The summed E-state index contributed by atoms with van der Waals surface area (Å²) in [4.78, 5) is 34.5. The Bertz CT molecular complexity index is 1220. The number of hydrogen-bond acceptors (Lipinski definition) is 6. The normalized spacial score (nSPS) is 19.3. The molecule has 0 saturated carbocycles. The van der Waals surface area contributed by atoms with E-state index in [2.05, 4.69) is 38.1 Å². The van der Waals surface area contributed by atoms with Crippen molar-refractivity contribution in [1.29, 1.82) is 0 Å². The number of nitrogens with one attached hydrogen (secondary N) is 3. The number of fused-ring (bicyclic) bond motifs is 1. The van der Waals surface area contributed by atoms with Crippen LogP contribution in [0.2, 0.25) is 0 Å². The summed E-state index contributed by atoms with van der Waals surface area (Å²) in [6.45, 7) is 1.68. The van der Waals surface area contributed by atoms with Crippen LogP contribution in [0.25, 0.3) is 11.3 Å². The van der Waals surface area contributed by atoms with Crippen molar-refractivity contribution in [2.45, 2.75) is 37.8 Å². The minimum atomic E-state index is -0.339. The minimum Gasteiger partial charge on any atom is -0.382 e. The molecule has 2 atom stereocenters. The Morgan fingerprint density at radius 3 is 2.76 bits per heavy atom. The zero-order chi connectivity index (χ0) is 23.5. The van der Waals surface area contributed by atoms with Crippen LogP contribution in [0, 0.1) is 0 Å². The van der Waals surface area contributed by atoms with Crippen molar-refractivity contribution >= 4 is 17.6 Å². The van der Waals surface area contributed by atoms with Gasteiger partial charge in [-0.25, -0.2) is 9.97 Å². The van der Waals surface area contributed by atoms with Gasteiger partial charge in [0, 0.05) is 23.7 Å². The van der Waals surface area contributed by atoms with Gasteiger partial charge in [0.05, 0.1) is 17.9 Å². The fourth-order valence-corrected chi connectivity index (χ4v) is 4.70.